The van der Waals surface area contributed by atoms with Crippen LogP contribution in [0.2, 0.25) is 0 Å². The molecule has 0 saturated heterocycles. The number of carboxylic acids is 1. The number of rotatable bonds is 5. The molecular weight excluding hydrogens is 249 g/mol. The highest BCUT2D eigenvalue weighted by atomic mass is 19.1. The van der Waals surface area contributed by atoms with Crippen LogP contribution in [0.3, 0.4) is 0 Å². The molecule has 1 unspecified atom stereocenters. The molecule has 4 nitrogen and oxygen atoms in total. The van der Waals surface area contributed by atoms with E-state index in [1.807, 2.05) is 0 Å². The number of halogens is 1. The molecule has 1 aromatic rings. The van der Waals surface area contributed by atoms with Gasteiger partial charge in [0.25, 0.3) is 0 Å². The molecule has 1 rings (SSSR count). The SMILES string of the molecule is CC(=O)N(Cc1cccc(F)c1)C(C(=O)O)C(C)C. The summed E-state index contributed by atoms with van der Waals surface area (Å²) < 4.78 is 13.1. The summed E-state index contributed by atoms with van der Waals surface area (Å²) in [6.45, 7) is 4.88. The molecule has 0 spiro atoms. The molecule has 1 atom stereocenters. The van der Waals surface area contributed by atoms with Crippen LogP contribution in [0, 0.1) is 11.7 Å². The van der Waals surface area contributed by atoms with Crippen molar-refractivity contribution in [2.45, 2.75) is 33.4 Å². The van der Waals surface area contributed by atoms with Crippen molar-refractivity contribution in [1.29, 1.82) is 0 Å². The highest BCUT2D eigenvalue weighted by Crippen LogP contribution is 2.16. The fourth-order valence-electron chi connectivity index (χ4n) is 2.02. The Balaban J connectivity index is 3.01. The maximum atomic E-state index is 13.1. The smallest absolute Gasteiger partial charge is 0.326 e. The van der Waals surface area contributed by atoms with Gasteiger partial charge in [-0.05, 0) is 23.6 Å². The van der Waals surface area contributed by atoms with Crippen molar-refractivity contribution in [2.24, 2.45) is 5.92 Å². The lowest BCUT2D eigenvalue weighted by molar-refractivity contribution is -0.152. The van der Waals surface area contributed by atoms with E-state index in [9.17, 15) is 19.1 Å². The summed E-state index contributed by atoms with van der Waals surface area (Å²) in [5, 5.41) is 9.23. The fourth-order valence-corrected chi connectivity index (χ4v) is 2.02. The van der Waals surface area contributed by atoms with Crippen LogP contribution in [-0.4, -0.2) is 27.9 Å². The Kier molecular flexibility index (Phi) is 5.03. The van der Waals surface area contributed by atoms with Gasteiger partial charge in [-0.1, -0.05) is 26.0 Å². The van der Waals surface area contributed by atoms with Crippen LogP contribution in [0.5, 0.6) is 0 Å². The third kappa shape index (κ3) is 4.05. The van der Waals surface area contributed by atoms with E-state index >= 15 is 0 Å². The second-order valence-electron chi connectivity index (χ2n) is 4.80. The normalized spacial score (nSPS) is 12.3. The fraction of sp³-hybridized carbons (Fsp3) is 0.429. The van der Waals surface area contributed by atoms with Crippen molar-refractivity contribution in [2.75, 3.05) is 0 Å². The molecule has 0 saturated carbocycles. The lowest BCUT2D eigenvalue weighted by Crippen LogP contribution is -2.46. The van der Waals surface area contributed by atoms with E-state index in [1.165, 1.54) is 30.0 Å². The average Bonchev–Trinajstić information content (AvgIpc) is 2.26. The number of carbonyl (C=O) groups excluding carboxylic acids is 1. The first kappa shape index (κ1) is 15.1. The van der Waals surface area contributed by atoms with Crippen LogP contribution in [0.25, 0.3) is 0 Å². The number of aliphatic carboxylic acids is 1. The Labute approximate surface area is 111 Å². The Morgan fingerprint density at radius 2 is 2.00 bits per heavy atom. The molecule has 0 bridgehead atoms. The topological polar surface area (TPSA) is 57.6 Å². The molecule has 0 radical (unpaired) electrons. The summed E-state index contributed by atoms with van der Waals surface area (Å²) in [7, 11) is 0. The summed E-state index contributed by atoms with van der Waals surface area (Å²) in [5.74, 6) is -2.03. The van der Waals surface area contributed by atoms with E-state index in [4.69, 9.17) is 0 Å². The molecule has 19 heavy (non-hydrogen) atoms. The van der Waals surface area contributed by atoms with Gasteiger partial charge in [0.15, 0.2) is 0 Å². The number of hydrogen-bond donors (Lipinski definition) is 1. The molecule has 1 N–H and O–H groups in total. The largest absolute Gasteiger partial charge is 0.480 e. The van der Waals surface area contributed by atoms with Crippen LogP contribution in [-0.2, 0) is 16.1 Å². The van der Waals surface area contributed by atoms with Gasteiger partial charge in [0.05, 0.1) is 0 Å². The zero-order valence-electron chi connectivity index (χ0n) is 11.3. The third-order valence-corrected chi connectivity index (χ3v) is 2.87. The number of benzene rings is 1. The lowest BCUT2D eigenvalue weighted by atomic mass is 10.0. The molecule has 0 aliphatic carbocycles. The predicted molar refractivity (Wildman–Crippen MR) is 68.9 cm³/mol. The molecule has 104 valence electrons. The van der Waals surface area contributed by atoms with Crippen LogP contribution >= 0.6 is 0 Å². The van der Waals surface area contributed by atoms with Crippen molar-refractivity contribution in [3.05, 3.63) is 35.6 Å². The van der Waals surface area contributed by atoms with Crippen molar-refractivity contribution >= 4 is 11.9 Å². The van der Waals surface area contributed by atoms with E-state index in [-0.39, 0.29) is 18.4 Å². The quantitative estimate of drug-likeness (QED) is 0.890. The first-order chi connectivity index (χ1) is 8.82. The minimum atomic E-state index is -1.05. The summed E-state index contributed by atoms with van der Waals surface area (Å²) >= 11 is 0. The minimum Gasteiger partial charge on any atom is -0.480 e. The second-order valence-corrected chi connectivity index (χ2v) is 4.80. The zero-order chi connectivity index (χ0) is 14.6. The Hall–Kier alpha value is -1.91. The standard InChI is InChI=1S/C14H18FNO3/c1-9(2)13(14(18)19)16(10(3)17)8-11-5-4-6-12(15)7-11/h4-7,9,13H,8H2,1-3H3,(H,18,19). The Bertz CT molecular complexity index is 474. The van der Waals surface area contributed by atoms with Gasteiger partial charge in [0.2, 0.25) is 5.91 Å². The molecular formula is C14H18FNO3. The highest BCUT2D eigenvalue weighted by molar-refractivity contribution is 5.82. The van der Waals surface area contributed by atoms with Gasteiger partial charge in [-0.25, -0.2) is 9.18 Å². The number of carbonyl (C=O) groups is 2. The maximum Gasteiger partial charge on any atom is 0.326 e. The van der Waals surface area contributed by atoms with E-state index < -0.39 is 17.8 Å². The second kappa shape index (κ2) is 6.31. The van der Waals surface area contributed by atoms with Gasteiger partial charge in [0, 0.05) is 13.5 Å². The molecule has 5 heteroatoms. The number of amides is 1. The van der Waals surface area contributed by atoms with Crippen molar-refractivity contribution in [3.8, 4) is 0 Å². The van der Waals surface area contributed by atoms with E-state index in [0.29, 0.717) is 5.56 Å². The van der Waals surface area contributed by atoms with E-state index in [0.717, 1.165) is 0 Å². The summed E-state index contributed by atoms with van der Waals surface area (Å²) in [6.07, 6.45) is 0. The molecule has 0 aliphatic rings. The molecule has 0 aromatic heterocycles. The van der Waals surface area contributed by atoms with Crippen molar-refractivity contribution in [1.82, 2.24) is 4.90 Å². The average molecular weight is 267 g/mol. The van der Waals surface area contributed by atoms with Crippen LogP contribution in [0.1, 0.15) is 26.3 Å². The van der Waals surface area contributed by atoms with Crippen molar-refractivity contribution < 1.29 is 19.1 Å². The summed E-state index contributed by atoms with van der Waals surface area (Å²) in [6, 6.07) is 4.89. The van der Waals surface area contributed by atoms with Crippen molar-refractivity contribution in [3.63, 3.8) is 0 Å². The van der Waals surface area contributed by atoms with Crippen LogP contribution in [0.15, 0.2) is 24.3 Å². The molecule has 1 aromatic carbocycles. The first-order valence-electron chi connectivity index (χ1n) is 6.07. The molecule has 0 heterocycles. The summed E-state index contributed by atoms with van der Waals surface area (Å²) in [4.78, 5) is 24.2. The van der Waals surface area contributed by atoms with Crippen LogP contribution < -0.4 is 0 Å². The Morgan fingerprint density at radius 1 is 1.37 bits per heavy atom. The highest BCUT2D eigenvalue weighted by Gasteiger charge is 2.30. The lowest BCUT2D eigenvalue weighted by Gasteiger charge is -2.30. The third-order valence-electron chi connectivity index (χ3n) is 2.87. The van der Waals surface area contributed by atoms with Gasteiger partial charge >= 0.3 is 5.97 Å². The maximum absolute atomic E-state index is 13.1. The van der Waals surface area contributed by atoms with E-state index in [1.54, 1.807) is 19.9 Å². The van der Waals surface area contributed by atoms with Gasteiger partial charge < -0.3 is 10.0 Å². The monoisotopic (exact) mass is 267 g/mol. The van der Waals surface area contributed by atoms with Gasteiger partial charge in [0.1, 0.15) is 11.9 Å². The zero-order valence-corrected chi connectivity index (χ0v) is 11.3. The molecule has 0 aliphatic heterocycles. The van der Waals surface area contributed by atoms with Crippen LogP contribution in [0.4, 0.5) is 4.39 Å². The number of hydrogen-bond acceptors (Lipinski definition) is 2. The molecule has 0 fully saturated rings. The van der Waals surface area contributed by atoms with Gasteiger partial charge in [-0.3, -0.25) is 4.79 Å². The summed E-state index contributed by atoms with van der Waals surface area (Å²) in [5.41, 5.74) is 0.571. The molecule has 1 amide bonds. The Morgan fingerprint density at radius 3 is 2.42 bits per heavy atom. The number of nitrogens with zero attached hydrogens (tertiary/aromatic N) is 1. The predicted octanol–water partition coefficient (Wildman–Crippen LogP) is 2.28. The van der Waals surface area contributed by atoms with Gasteiger partial charge in [-0.15, -0.1) is 0 Å². The van der Waals surface area contributed by atoms with E-state index in [2.05, 4.69) is 0 Å². The first-order valence-corrected chi connectivity index (χ1v) is 6.07. The number of carboxylic acid groups (broad SMARTS) is 1. The van der Waals surface area contributed by atoms with Gasteiger partial charge in [-0.2, -0.15) is 0 Å². The minimum absolute atomic E-state index is 0.0856.